The molecule has 0 amide bonds. The number of rotatable bonds is 5. The summed E-state index contributed by atoms with van der Waals surface area (Å²) >= 11 is 0. The normalized spacial score (nSPS) is 12.6. The highest BCUT2D eigenvalue weighted by molar-refractivity contribution is 7.90. The molecule has 0 saturated heterocycles. The van der Waals surface area contributed by atoms with Crippen LogP contribution in [0.3, 0.4) is 0 Å². The van der Waals surface area contributed by atoms with Gasteiger partial charge in [-0.1, -0.05) is 18.2 Å². The van der Waals surface area contributed by atoms with Gasteiger partial charge in [0.05, 0.1) is 27.5 Å². The molecule has 8 heteroatoms. The van der Waals surface area contributed by atoms with Crippen molar-refractivity contribution in [2.45, 2.75) is 24.8 Å². The fourth-order valence-electron chi connectivity index (χ4n) is 3.86. The molecule has 0 spiro atoms. The Morgan fingerprint density at radius 1 is 1.06 bits per heavy atom. The number of para-hydroxylation sites is 1. The van der Waals surface area contributed by atoms with Crippen LogP contribution in [0.5, 0.6) is 0 Å². The molecule has 4 aromatic rings. The van der Waals surface area contributed by atoms with E-state index >= 15 is 0 Å². The maximum atomic E-state index is 13.2. The number of nitrogens with zero attached hydrogens (tertiary/aromatic N) is 3. The van der Waals surface area contributed by atoms with E-state index in [1.165, 1.54) is 10.8 Å². The number of anilines is 1. The molecule has 2 heterocycles. The standard InChI is InChI=1S/C24H24N4O3S/c1-15-13-18(16(2)26-20-7-5-6-8-21(20)32(4,30)31)22-19(14-15)24(29)28(3)23(27-22)17-9-11-25-12-10-17/h5-14,16,26H,1-4H3/t16-/m1/s1. The van der Waals surface area contributed by atoms with Crippen molar-refractivity contribution in [3.05, 3.63) is 82.4 Å². The van der Waals surface area contributed by atoms with E-state index in [1.54, 1.807) is 43.7 Å². The molecule has 1 atom stereocenters. The van der Waals surface area contributed by atoms with Crippen molar-refractivity contribution in [3.63, 3.8) is 0 Å². The largest absolute Gasteiger partial charge is 0.377 e. The van der Waals surface area contributed by atoms with Crippen LogP contribution in [-0.2, 0) is 16.9 Å². The Hall–Kier alpha value is -3.52. The Labute approximate surface area is 186 Å². The van der Waals surface area contributed by atoms with Crippen molar-refractivity contribution in [1.29, 1.82) is 0 Å². The monoisotopic (exact) mass is 448 g/mol. The van der Waals surface area contributed by atoms with Gasteiger partial charge >= 0.3 is 0 Å². The summed E-state index contributed by atoms with van der Waals surface area (Å²) in [5.74, 6) is 0.540. The van der Waals surface area contributed by atoms with Crippen molar-refractivity contribution in [3.8, 4) is 11.4 Å². The van der Waals surface area contributed by atoms with E-state index in [0.29, 0.717) is 22.4 Å². The van der Waals surface area contributed by atoms with Crippen molar-refractivity contribution in [2.75, 3.05) is 11.6 Å². The Balaban J connectivity index is 1.90. The molecule has 0 bridgehead atoms. The predicted octanol–water partition coefficient (Wildman–Crippen LogP) is 3.88. The smallest absolute Gasteiger partial charge is 0.261 e. The maximum Gasteiger partial charge on any atom is 0.261 e. The molecule has 1 N–H and O–H groups in total. The zero-order valence-electron chi connectivity index (χ0n) is 18.3. The van der Waals surface area contributed by atoms with Crippen molar-refractivity contribution < 1.29 is 8.42 Å². The van der Waals surface area contributed by atoms with E-state index in [2.05, 4.69) is 10.3 Å². The summed E-state index contributed by atoms with van der Waals surface area (Å²) in [6, 6.07) is 13.9. The summed E-state index contributed by atoms with van der Waals surface area (Å²) in [6.07, 6.45) is 4.51. The summed E-state index contributed by atoms with van der Waals surface area (Å²) in [5.41, 5.74) is 3.48. The van der Waals surface area contributed by atoms with Gasteiger partial charge in [0.25, 0.3) is 5.56 Å². The molecule has 0 saturated carbocycles. The first kappa shape index (κ1) is 21.7. The first-order valence-electron chi connectivity index (χ1n) is 10.1. The van der Waals surface area contributed by atoms with E-state index in [9.17, 15) is 13.2 Å². The van der Waals surface area contributed by atoms with Crippen LogP contribution in [0.15, 0.2) is 70.6 Å². The lowest BCUT2D eigenvalue weighted by molar-refractivity contribution is 0.602. The Bertz CT molecular complexity index is 1480. The second-order valence-electron chi connectivity index (χ2n) is 7.92. The number of pyridine rings is 1. The van der Waals surface area contributed by atoms with Crippen LogP contribution in [0.1, 0.15) is 24.1 Å². The summed E-state index contributed by atoms with van der Waals surface area (Å²) in [5, 5.41) is 3.83. The van der Waals surface area contributed by atoms with Crippen LogP contribution in [0, 0.1) is 6.92 Å². The van der Waals surface area contributed by atoms with Gasteiger partial charge < -0.3 is 5.32 Å². The SMILES string of the molecule is Cc1cc([C@@H](C)Nc2ccccc2S(C)(=O)=O)c2nc(-c3ccncc3)n(C)c(=O)c2c1. The third kappa shape index (κ3) is 4.01. The highest BCUT2D eigenvalue weighted by atomic mass is 32.2. The number of sulfone groups is 1. The zero-order chi connectivity index (χ0) is 23.0. The number of hydrogen-bond acceptors (Lipinski definition) is 6. The Morgan fingerprint density at radius 3 is 2.44 bits per heavy atom. The number of benzene rings is 2. The van der Waals surface area contributed by atoms with E-state index in [1.807, 2.05) is 38.1 Å². The number of aryl methyl sites for hydroxylation is 1. The van der Waals surface area contributed by atoms with Gasteiger partial charge in [0.1, 0.15) is 5.82 Å². The molecule has 0 fully saturated rings. The topological polar surface area (TPSA) is 93.9 Å². The highest BCUT2D eigenvalue weighted by Crippen LogP contribution is 2.30. The minimum absolute atomic E-state index is 0.143. The average Bonchev–Trinajstić information content (AvgIpc) is 2.76. The molecule has 0 radical (unpaired) electrons. The van der Waals surface area contributed by atoms with Crippen molar-refractivity contribution >= 4 is 26.4 Å². The Morgan fingerprint density at radius 2 is 1.75 bits per heavy atom. The van der Waals surface area contributed by atoms with Crippen LogP contribution in [0.4, 0.5) is 5.69 Å². The number of nitrogens with one attached hydrogen (secondary N) is 1. The third-order valence-electron chi connectivity index (χ3n) is 5.42. The predicted molar refractivity (Wildman–Crippen MR) is 127 cm³/mol. The van der Waals surface area contributed by atoms with E-state index in [0.717, 1.165) is 16.7 Å². The fraction of sp³-hybridized carbons (Fsp3) is 0.208. The van der Waals surface area contributed by atoms with Crippen molar-refractivity contribution in [1.82, 2.24) is 14.5 Å². The summed E-state index contributed by atoms with van der Waals surface area (Å²) in [7, 11) is -1.70. The zero-order valence-corrected chi connectivity index (χ0v) is 19.1. The number of hydrogen-bond donors (Lipinski definition) is 1. The van der Waals surface area contributed by atoms with Crippen LogP contribution >= 0.6 is 0 Å². The summed E-state index contributed by atoms with van der Waals surface area (Å²) in [6.45, 7) is 3.86. The molecule has 0 aliphatic carbocycles. The molecule has 7 nitrogen and oxygen atoms in total. The summed E-state index contributed by atoms with van der Waals surface area (Å²) < 4.78 is 26.0. The molecule has 0 aliphatic rings. The highest BCUT2D eigenvalue weighted by Gasteiger charge is 2.19. The molecular weight excluding hydrogens is 424 g/mol. The first-order chi connectivity index (χ1) is 15.2. The van der Waals surface area contributed by atoms with Crippen molar-refractivity contribution in [2.24, 2.45) is 7.05 Å². The second kappa shape index (κ2) is 8.20. The van der Waals surface area contributed by atoms with Gasteiger partial charge in [-0.2, -0.15) is 0 Å². The fourth-order valence-corrected chi connectivity index (χ4v) is 4.71. The quantitative estimate of drug-likeness (QED) is 0.498. The van der Waals surface area contributed by atoms with Gasteiger partial charge in [-0.15, -0.1) is 0 Å². The first-order valence-corrected chi connectivity index (χ1v) is 12.0. The van der Waals surface area contributed by atoms with Gasteiger partial charge in [-0.05, 0) is 49.7 Å². The van der Waals surface area contributed by atoms with Crippen LogP contribution in [0.25, 0.3) is 22.3 Å². The van der Waals surface area contributed by atoms with E-state index < -0.39 is 9.84 Å². The lowest BCUT2D eigenvalue weighted by atomic mass is 10.0. The summed E-state index contributed by atoms with van der Waals surface area (Å²) in [4.78, 5) is 22.3. The minimum atomic E-state index is -3.40. The van der Waals surface area contributed by atoms with Gasteiger partial charge in [0, 0.05) is 36.8 Å². The van der Waals surface area contributed by atoms with Gasteiger partial charge in [0.2, 0.25) is 0 Å². The molecular formula is C24H24N4O3S. The molecule has 32 heavy (non-hydrogen) atoms. The second-order valence-corrected chi connectivity index (χ2v) is 9.90. The molecule has 4 rings (SSSR count). The van der Waals surface area contributed by atoms with Gasteiger partial charge in [-0.25, -0.2) is 13.4 Å². The maximum absolute atomic E-state index is 13.2. The minimum Gasteiger partial charge on any atom is -0.377 e. The van der Waals surface area contributed by atoms with E-state index in [4.69, 9.17) is 4.98 Å². The lowest BCUT2D eigenvalue weighted by Gasteiger charge is -2.20. The Kier molecular flexibility index (Phi) is 5.56. The molecule has 164 valence electrons. The van der Waals surface area contributed by atoms with E-state index in [-0.39, 0.29) is 16.5 Å². The molecule has 2 aromatic heterocycles. The average molecular weight is 449 g/mol. The molecule has 0 unspecified atom stereocenters. The van der Waals surface area contributed by atoms with Gasteiger partial charge in [0.15, 0.2) is 9.84 Å². The number of fused-ring (bicyclic) bond motifs is 1. The molecule has 0 aliphatic heterocycles. The lowest BCUT2D eigenvalue weighted by Crippen LogP contribution is -2.22. The van der Waals surface area contributed by atoms with Crippen LogP contribution in [-0.4, -0.2) is 29.2 Å². The number of aromatic nitrogens is 3. The molecule has 2 aromatic carbocycles. The van der Waals surface area contributed by atoms with Crippen LogP contribution < -0.4 is 10.9 Å². The van der Waals surface area contributed by atoms with Gasteiger partial charge in [-0.3, -0.25) is 14.3 Å². The third-order valence-corrected chi connectivity index (χ3v) is 6.57. The van der Waals surface area contributed by atoms with Crippen LogP contribution in [0.2, 0.25) is 0 Å².